The molecule has 1 fully saturated rings. The van der Waals surface area contributed by atoms with Crippen molar-refractivity contribution in [3.63, 3.8) is 0 Å². The number of carbonyl (C=O) groups is 1. The second kappa shape index (κ2) is 6.55. The van der Waals surface area contributed by atoms with Crippen molar-refractivity contribution in [1.82, 2.24) is 4.98 Å². The first-order valence-corrected chi connectivity index (χ1v) is 7.08. The fraction of sp³-hybridized carbons (Fsp3) is 0.600. The fourth-order valence-corrected chi connectivity index (χ4v) is 2.66. The lowest BCUT2D eigenvalue weighted by molar-refractivity contribution is 0.0690. The third-order valence-corrected chi connectivity index (χ3v) is 4.00. The summed E-state index contributed by atoms with van der Waals surface area (Å²) in [4.78, 5) is 14.6. The first-order chi connectivity index (χ1) is 9.15. The van der Waals surface area contributed by atoms with Gasteiger partial charge in [-0.2, -0.15) is 0 Å². The van der Waals surface area contributed by atoms with Gasteiger partial charge in [-0.1, -0.05) is 32.6 Å². The number of nitrogens with zero attached hydrogens (tertiary/aromatic N) is 1. The second-order valence-corrected chi connectivity index (χ2v) is 5.58. The molecule has 1 aliphatic rings. The van der Waals surface area contributed by atoms with Crippen LogP contribution in [0.2, 0.25) is 0 Å². The van der Waals surface area contributed by atoms with E-state index >= 15 is 0 Å². The molecule has 1 aliphatic carbocycles. The molecule has 2 rings (SSSR count). The van der Waals surface area contributed by atoms with Crippen molar-refractivity contribution in [3.8, 4) is 0 Å². The SMILES string of the molecule is CC1CCC(CCNc2ccc(C(=O)O)nc2)CC1. The van der Waals surface area contributed by atoms with Gasteiger partial charge in [-0.05, 0) is 30.4 Å². The first kappa shape index (κ1) is 13.8. The Balaban J connectivity index is 1.72. The zero-order valence-corrected chi connectivity index (χ0v) is 11.4. The maximum Gasteiger partial charge on any atom is 0.354 e. The lowest BCUT2D eigenvalue weighted by atomic mass is 9.81. The molecule has 1 heterocycles. The van der Waals surface area contributed by atoms with Crippen LogP contribution in [-0.4, -0.2) is 22.6 Å². The number of carboxylic acid groups (broad SMARTS) is 1. The van der Waals surface area contributed by atoms with Crippen LogP contribution in [-0.2, 0) is 0 Å². The Morgan fingerprint density at radius 2 is 2.11 bits per heavy atom. The van der Waals surface area contributed by atoms with E-state index in [0.717, 1.165) is 24.1 Å². The lowest BCUT2D eigenvalue weighted by Crippen LogP contribution is -2.15. The third kappa shape index (κ3) is 4.23. The van der Waals surface area contributed by atoms with Crippen molar-refractivity contribution in [2.24, 2.45) is 11.8 Å². The van der Waals surface area contributed by atoms with E-state index in [1.807, 2.05) is 0 Å². The van der Waals surface area contributed by atoms with Crippen molar-refractivity contribution in [1.29, 1.82) is 0 Å². The highest BCUT2D eigenvalue weighted by atomic mass is 16.4. The number of aromatic nitrogens is 1. The molecule has 0 aliphatic heterocycles. The summed E-state index contributed by atoms with van der Waals surface area (Å²) < 4.78 is 0. The average molecular weight is 262 g/mol. The average Bonchev–Trinajstić information content (AvgIpc) is 2.41. The topological polar surface area (TPSA) is 62.2 Å². The van der Waals surface area contributed by atoms with Crippen LogP contribution < -0.4 is 5.32 Å². The molecular weight excluding hydrogens is 240 g/mol. The Morgan fingerprint density at radius 3 is 2.68 bits per heavy atom. The Bertz CT molecular complexity index is 409. The van der Waals surface area contributed by atoms with Crippen molar-refractivity contribution < 1.29 is 9.90 Å². The highest BCUT2D eigenvalue weighted by Crippen LogP contribution is 2.30. The van der Waals surface area contributed by atoms with Crippen LogP contribution >= 0.6 is 0 Å². The van der Waals surface area contributed by atoms with Gasteiger partial charge in [-0.3, -0.25) is 0 Å². The summed E-state index contributed by atoms with van der Waals surface area (Å²) in [5.41, 5.74) is 0.987. The molecule has 0 saturated heterocycles. The molecule has 1 aromatic rings. The van der Waals surface area contributed by atoms with Crippen LogP contribution in [0.25, 0.3) is 0 Å². The molecular formula is C15H22N2O2. The van der Waals surface area contributed by atoms with Crippen LogP contribution in [0, 0.1) is 11.8 Å². The van der Waals surface area contributed by atoms with E-state index in [1.165, 1.54) is 38.2 Å². The van der Waals surface area contributed by atoms with E-state index < -0.39 is 5.97 Å². The van der Waals surface area contributed by atoms with Crippen molar-refractivity contribution in [2.75, 3.05) is 11.9 Å². The maximum absolute atomic E-state index is 10.7. The fourth-order valence-electron chi connectivity index (χ4n) is 2.66. The van der Waals surface area contributed by atoms with Crippen LogP contribution in [0.3, 0.4) is 0 Å². The number of hydrogen-bond acceptors (Lipinski definition) is 3. The number of anilines is 1. The number of carboxylic acids is 1. The Morgan fingerprint density at radius 1 is 1.37 bits per heavy atom. The Hall–Kier alpha value is -1.58. The van der Waals surface area contributed by atoms with Gasteiger partial charge < -0.3 is 10.4 Å². The molecule has 1 saturated carbocycles. The van der Waals surface area contributed by atoms with Gasteiger partial charge in [0.1, 0.15) is 5.69 Å². The van der Waals surface area contributed by atoms with Gasteiger partial charge in [-0.25, -0.2) is 9.78 Å². The number of hydrogen-bond donors (Lipinski definition) is 2. The van der Waals surface area contributed by atoms with E-state index in [0.29, 0.717) is 0 Å². The van der Waals surface area contributed by atoms with Gasteiger partial charge in [0, 0.05) is 6.54 Å². The highest BCUT2D eigenvalue weighted by molar-refractivity contribution is 5.85. The molecule has 1 aromatic heterocycles. The predicted octanol–water partition coefficient (Wildman–Crippen LogP) is 3.41. The van der Waals surface area contributed by atoms with Crippen LogP contribution in [0.15, 0.2) is 18.3 Å². The monoisotopic (exact) mass is 262 g/mol. The van der Waals surface area contributed by atoms with Crippen LogP contribution in [0.5, 0.6) is 0 Å². The standard InChI is InChI=1S/C15H22N2O2/c1-11-2-4-12(5-3-11)8-9-16-13-6-7-14(15(18)19)17-10-13/h6-7,10-12,16H,2-5,8-9H2,1H3,(H,18,19). The maximum atomic E-state index is 10.7. The summed E-state index contributed by atoms with van der Waals surface area (Å²) in [5.74, 6) is 0.759. The summed E-state index contributed by atoms with van der Waals surface area (Å²) >= 11 is 0. The second-order valence-electron chi connectivity index (χ2n) is 5.58. The number of rotatable bonds is 5. The largest absolute Gasteiger partial charge is 0.477 e. The van der Waals surface area contributed by atoms with Crippen LogP contribution in [0.1, 0.15) is 49.5 Å². The van der Waals surface area contributed by atoms with E-state index in [1.54, 1.807) is 12.3 Å². The van der Waals surface area contributed by atoms with E-state index in [9.17, 15) is 4.79 Å². The molecule has 19 heavy (non-hydrogen) atoms. The smallest absolute Gasteiger partial charge is 0.354 e. The van der Waals surface area contributed by atoms with E-state index in [2.05, 4.69) is 17.2 Å². The molecule has 2 N–H and O–H groups in total. The molecule has 0 bridgehead atoms. The number of aromatic carboxylic acids is 1. The van der Waals surface area contributed by atoms with Gasteiger partial charge in [-0.15, -0.1) is 0 Å². The predicted molar refractivity (Wildman–Crippen MR) is 75.4 cm³/mol. The molecule has 104 valence electrons. The van der Waals surface area contributed by atoms with Gasteiger partial charge in [0.15, 0.2) is 0 Å². The third-order valence-electron chi connectivity index (χ3n) is 4.00. The molecule has 0 spiro atoms. The van der Waals surface area contributed by atoms with E-state index in [-0.39, 0.29) is 5.69 Å². The van der Waals surface area contributed by atoms with Gasteiger partial charge in [0.25, 0.3) is 0 Å². The minimum absolute atomic E-state index is 0.0896. The minimum atomic E-state index is -0.983. The quantitative estimate of drug-likeness (QED) is 0.853. The zero-order chi connectivity index (χ0) is 13.7. The first-order valence-electron chi connectivity index (χ1n) is 7.08. The highest BCUT2D eigenvalue weighted by Gasteiger charge is 2.17. The number of nitrogens with one attached hydrogen (secondary N) is 1. The van der Waals surface area contributed by atoms with Crippen molar-refractivity contribution in [3.05, 3.63) is 24.0 Å². The molecule has 0 radical (unpaired) electrons. The Labute approximate surface area is 114 Å². The van der Waals surface area contributed by atoms with Crippen LogP contribution in [0.4, 0.5) is 5.69 Å². The van der Waals surface area contributed by atoms with Gasteiger partial charge >= 0.3 is 5.97 Å². The van der Waals surface area contributed by atoms with Gasteiger partial charge in [0.2, 0.25) is 0 Å². The molecule has 4 heteroatoms. The van der Waals surface area contributed by atoms with Crippen molar-refractivity contribution in [2.45, 2.75) is 39.0 Å². The minimum Gasteiger partial charge on any atom is -0.477 e. The summed E-state index contributed by atoms with van der Waals surface area (Å²) in [6, 6.07) is 3.31. The number of pyridine rings is 1. The lowest BCUT2D eigenvalue weighted by Gasteiger charge is -2.26. The zero-order valence-electron chi connectivity index (χ0n) is 11.4. The summed E-state index contributed by atoms with van der Waals surface area (Å²) in [6.45, 7) is 3.28. The van der Waals surface area contributed by atoms with Gasteiger partial charge in [0.05, 0.1) is 11.9 Å². The molecule has 0 amide bonds. The molecule has 0 atom stereocenters. The molecule has 0 aromatic carbocycles. The summed E-state index contributed by atoms with van der Waals surface area (Å²) in [6.07, 6.45) is 8.19. The normalized spacial score (nSPS) is 23.0. The molecule has 0 unspecified atom stereocenters. The van der Waals surface area contributed by atoms with E-state index in [4.69, 9.17) is 5.11 Å². The summed E-state index contributed by atoms with van der Waals surface area (Å²) in [5, 5.41) is 12.1. The summed E-state index contributed by atoms with van der Waals surface area (Å²) in [7, 11) is 0. The Kier molecular flexibility index (Phi) is 4.77. The molecule has 4 nitrogen and oxygen atoms in total. The van der Waals surface area contributed by atoms with Crippen molar-refractivity contribution >= 4 is 11.7 Å².